The molecule has 0 aliphatic carbocycles. The van der Waals surface area contributed by atoms with E-state index in [9.17, 15) is 9.18 Å². The van der Waals surface area contributed by atoms with E-state index in [0.29, 0.717) is 24.5 Å². The Bertz CT molecular complexity index is 984. The Morgan fingerprint density at radius 2 is 2.00 bits per heavy atom. The molecule has 144 valence electrons. The van der Waals surface area contributed by atoms with Gasteiger partial charge >= 0.3 is 0 Å². The van der Waals surface area contributed by atoms with Gasteiger partial charge in [-0.15, -0.1) is 10.2 Å². The molecule has 0 saturated carbocycles. The van der Waals surface area contributed by atoms with Gasteiger partial charge in [-0.2, -0.15) is 0 Å². The second-order valence-corrected chi connectivity index (χ2v) is 6.86. The van der Waals surface area contributed by atoms with Gasteiger partial charge in [-0.3, -0.25) is 4.79 Å². The van der Waals surface area contributed by atoms with E-state index in [-0.39, 0.29) is 17.8 Å². The van der Waals surface area contributed by atoms with Crippen LogP contribution in [0.2, 0.25) is 0 Å². The lowest BCUT2D eigenvalue weighted by Crippen LogP contribution is -2.41. The van der Waals surface area contributed by atoms with Gasteiger partial charge in [-0.25, -0.2) is 4.39 Å². The minimum absolute atomic E-state index is 0.0363. The summed E-state index contributed by atoms with van der Waals surface area (Å²) in [4.78, 5) is 12.8. The minimum atomic E-state index is -0.290. The Hall–Kier alpha value is -3.06. The van der Waals surface area contributed by atoms with Crippen molar-refractivity contribution < 1.29 is 13.9 Å². The van der Waals surface area contributed by atoms with Gasteiger partial charge in [-0.05, 0) is 42.3 Å². The third-order valence-electron chi connectivity index (χ3n) is 4.95. The van der Waals surface area contributed by atoms with Crippen molar-refractivity contribution in [3.05, 3.63) is 71.3 Å². The third kappa shape index (κ3) is 3.66. The average molecular weight is 380 g/mol. The normalized spacial score (nSPS) is 15.9. The topological polar surface area (TPSA) is 69.0 Å². The Morgan fingerprint density at radius 1 is 1.21 bits per heavy atom. The van der Waals surface area contributed by atoms with Gasteiger partial charge in [0.05, 0.1) is 6.61 Å². The summed E-state index contributed by atoms with van der Waals surface area (Å²) in [6, 6.07) is 13.6. The van der Waals surface area contributed by atoms with E-state index < -0.39 is 0 Å². The summed E-state index contributed by atoms with van der Waals surface area (Å²) in [6.07, 6.45) is 1.51. The molecule has 7 heteroatoms. The zero-order valence-electron chi connectivity index (χ0n) is 15.6. The van der Waals surface area contributed by atoms with E-state index >= 15 is 0 Å². The Kier molecular flexibility index (Phi) is 5.16. The number of fused-ring (bicyclic) bond motifs is 1. The van der Waals surface area contributed by atoms with Gasteiger partial charge in [0.2, 0.25) is 0 Å². The predicted octanol–water partition coefficient (Wildman–Crippen LogP) is 2.98. The molecule has 1 aliphatic heterocycles. The maximum atomic E-state index is 13.2. The zero-order chi connectivity index (χ0) is 19.5. The number of aryl methyl sites for hydroxylation is 1. The number of rotatable bonds is 5. The molecule has 0 spiro atoms. The number of nitrogens with one attached hydrogen (secondary N) is 1. The zero-order valence-corrected chi connectivity index (χ0v) is 15.6. The molecule has 2 heterocycles. The number of methoxy groups -OCH3 is 1. The van der Waals surface area contributed by atoms with Crippen LogP contribution in [-0.4, -0.2) is 33.8 Å². The molecule has 1 aliphatic rings. The molecule has 28 heavy (non-hydrogen) atoms. The van der Waals surface area contributed by atoms with Crippen LogP contribution in [0.25, 0.3) is 11.4 Å². The quantitative estimate of drug-likeness (QED) is 0.739. The molecular formula is C21H21FN4O2. The van der Waals surface area contributed by atoms with Crippen molar-refractivity contribution in [1.82, 2.24) is 20.1 Å². The summed E-state index contributed by atoms with van der Waals surface area (Å²) in [6.45, 7) is 0.964. The first-order valence-corrected chi connectivity index (χ1v) is 9.21. The molecule has 1 amide bonds. The molecule has 0 fully saturated rings. The number of nitrogens with zero attached hydrogens (tertiary/aromatic N) is 3. The summed E-state index contributed by atoms with van der Waals surface area (Å²) in [5.74, 6) is 1.16. The van der Waals surface area contributed by atoms with Crippen LogP contribution in [0.4, 0.5) is 4.39 Å². The fourth-order valence-electron chi connectivity index (χ4n) is 3.54. The fraction of sp³-hybridized carbons (Fsp3) is 0.286. The van der Waals surface area contributed by atoms with Crippen LogP contribution in [0.15, 0.2) is 48.5 Å². The molecule has 0 radical (unpaired) electrons. The molecular weight excluding hydrogens is 359 g/mol. The number of hydrogen-bond acceptors (Lipinski definition) is 4. The lowest BCUT2D eigenvalue weighted by molar-refractivity contribution is 0.0922. The second kappa shape index (κ2) is 7.90. The Morgan fingerprint density at radius 3 is 2.79 bits per heavy atom. The molecule has 1 unspecified atom stereocenters. The van der Waals surface area contributed by atoms with Crippen LogP contribution in [-0.2, 0) is 24.3 Å². The average Bonchev–Trinajstić information content (AvgIpc) is 3.12. The minimum Gasteiger partial charge on any atom is -0.380 e. The number of carbonyl (C=O) groups is 1. The van der Waals surface area contributed by atoms with Crippen LogP contribution in [0.3, 0.4) is 0 Å². The highest BCUT2D eigenvalue weighted by Gasteiger charge is 2.25. The molecule has 0 bridgehead atoms. The van der Waals surface area contributed by atoms with Gasteiger partial charge in [-0.1, -0.05) is 18.2 Å². The molecule has 6 nitrogen and oxygen atoms in total. The van der Waals surface area contributed by atoms with Crippen molar-refractivity contribution in [3.8, 4) is 11.4 Å². The van der Waals surface area contributed by atoms with E-state index in [1.165, 1.54) is 12.1 Å². The SMILES string of the molecule is COCc1ccccc1C(=O)NC1CCc2nnc(-c3ccc(F)cc3)n2C1. The first-order valence-electron chi connectivity index (χ1n) is 9.21. The van der Waals surface area contributed by atoms with Crippen LogP contribution < -0.4 is 5.32 Å². The van der Waals surface area contributed by atoms with E-state index in [1.807, 2.05) is 22.8 Å². The number of halogens is 1. The van der Waals surface area contributed by atoms with Gasteiger partial charge in [0, 0.05) is 37.2 Å². The molecule has 1 aromatic heterocycles. The second-order valence-electron chi connectivity index (χ2n) is 6.86. The van der Waals surface area contributed by atoms with Gasteiger partial charge in [0.15, 0.2) is 5.82 Å². The fourth-order valence-corrected chi connectivity index (χ4v) is 3.54. The molecule has 3 aromatic rings. The largest absolute Gasteiger partial charge is 0.380 e. The van der Waals surface area contributed by atoms with Crippen molar-refractivity contribution in [3.63, 3.8) is 0 Å². The summed E-state index contributed by atoms with van der Waals surface area (Å²) < 4.78 is 20.4. The van der Waals surface area contributed by atoms with E-state index in [0.717, 1.165) is 29.8 Å². The third-order valence-corrected chi connectivity index (χ3v) is 4.95. The lowest BCUT2D eigenvalue weighted by atomic mass is 10.0. The number of hydrogen-bond donors (Lipinski definition) is 1. The highest BCUT2D eigenvalue weighted by molar-refractivity contribution is 5.95. The summed E-state index contributed by atoms with van der Waals surface area (Å²) in [7, 11) is 1.61. The van der Waals surface area contributed by atoms with E-state index in [4.69, 9.17) is 4.74 Å². The maximum Gasteiger partial charge on any atom is 0.251 e. The van der Waals surface area contributed by atoms with Crippen LogP contribution in [0, 0.1) is 5.82 Å². The molecule has 4 rings (SSSR count). The van der Waals surface area contributed by atoms with Gasteiger partial charge < -0.3 is 14.6 Å². The van der Waals surface area contributed by atoms with Gasteiger partial charge in [0.25, 0.3) is 5.91 Å². The van der Waals surface area contributed by atoms with Crippen molar-refractivity contribution in [2.45, 2.75) is 32.0 Å². The predicted molar refractivity (Wildman–Crippen MR) is 102 cm³/mol. The van der Waals surface area contributed by atoms with Crippen molar-refractivity contribution >= 4 is 5.91 Å². The first kappa shape index (κ1) is 18.3. The van der Waals surface area contributed by atoms with Crippen molar-refractivity contribution in [2.75, 3.05) is 7.11 Å². The van der Waals surface area contributed by atoms with Crippen LogP contribution in [0.1, 0.15) is 28.2 Å². The molecule has 1 atom stereocenters. The number of amides is 1. The standard InChI is InChI=1S/C21H21FN4O2/c1-28-13-15-4-2-3-5-18(15)21(27)23-17-10-11-19-24-25-20(26(19)12-17)14-6-8-16(22)9-7-14/h2-9,17H,10-13H2,1H3,(H,23,27). The van der Waals surface area contributed by atoms with Crippen LogP contribution in [0.5, 0.6) is 0 Å². The number of ether oxygens (including phenoxy) is 1. The lowest BCUT2D eigenvalue weighted by Gasteiger charge is -2.25. The van der Waals surface area contributed by atoms with Crippen molar-refractivity contribution in [2.24, 2.45) is 0 Å². The first-order chi connectivity index (χ1) is 13.7. The number of carbonyl (C=O) groups excluding carboxylic acids is 1. The monoisotopic (exact) mass is 380 g/mol. The van der Waals surface area contributed by atoms with Crippen molar-refractivity contribution in [1.29, 1.82) is 0 Å². The van der Waals surface area contributed by atoms with E-state index in [2.05, 4.69) is 15.5 Å². The van der Waals surface area contributed by atoms with Gasteiger partial charge in [0.1, 0.15) is 11.6 Å². The van der Waals surface area contributed by atoms with Crippen LogP contribution >= 0.6 is 0 Å². The summed E-state index contributed by atoms with van der Waals surface area (Å²) in [5.41, 5.74) is 2.28. The number of aromatic nitrogens is 3. The summed E-state index contributed by atoms with van der Waals surface area (Å²) in [5, 5.41) is 11.6. The molecule has 2 aromatic carbocycles. The Balaban J connectivity index is 1.52. The van der Waals surface area contributed by atoms with E-state index in [1.54, 1.807) is 25.3 Å². The Labute approximate surface area is 162 Å². The maximum absolute atomic E-state index is 13.2. The molecule has 0 saturated heterocycles. The smallest absolute Gasteiger partial charge is 0.251 e. The number of benzene rings is 2. The highest BCUT2D eigenvalue weighted by Crippen LogP contribution is 2.23. The summed E-state index contributed by atoms with van der Waals surface area (Å²) >= 11 is 0. The highest BCUT2D eigenvalue weighted by atomic mass is 19.1. The molecule has 1 N–H and O–H groups in total.